The molecule has 1 aliphatic heterocycles. The molecule has 0 spiro atoms. The zero-order valence-electron chi connectivity index (χ0n) is 10.7. The van der Waals surface area contributed by atoms with Gasteiger partial charge in [-0.15, -0.1) is 0 Å². The molecule has 0 radical (unpaired) electrons. The number of fused-ring (bicyclic) bond motifs is 1. The summed E-state index contributed by atoms with van der Waals surface area (Å²) >= 11 is 0. The van der Waals surface area contributed by atoms with Crippen LogP contribution < -0.4 is 5.32 Å². The van der Waals surface area contributed by atoms with E-state index in [9.17, 15) is 0 Å². The van der Waals surface area contributed by atoms with Crippen LogP contribution in [0.2, 0.25) is 0 Å². The second-order valence-electron chi connectivity index (χ2n) is 5.40. The lowest BCUT2D eigenvalue weighted by atomic mass is 9.80. The molecule has 2 heteroatoms. The molecule has 0 amide bonds. The Balaban J connectivity index is 2.51. The molecule has 16 heavy (non-hydrogen) atoms. The molecule has 0 aromatic carbocycles. The van der Waals surface area contributed by atoms with Gasteiger partial charge in [-0.3, -0.25) is 4.98 Å². The van der Waals surface area contributed by atoms with E-state index in [1.807, 2.05) is 6.20 Å². The van der Waals surface area contributed by atoms with Crippen molar-refractivity contribution in [2.24, 2.45) is 5.92 Å². The molecule has 1 atom stereocenters. The summed E-state index contributed by atoms with van der Waals surface area (Å²) in [7, 11) is 0. The lowest BCUT2D eigenvalue weighted by Crippen LogP contribution is -2.32. The van der Waals surface area contributed by atoms with Gasteiger partial charge in [-0.25, -0.2) is 0 Å². The van der Waals surface area contributed by atoms with Gasteiger partial charge < -0.3 is 5.32 Å². The summed E-state index contributed by atoms with van der Waals surface area (Å²) in [6.07, 6.45) is 1.96. The van der Waals surface area contributed by atoms with Crippen LogP contribution in [0.3, 0.4) is 0 Å². The van der Waals surface area contributed by atoms with Gasteiger partial charge in [0.25, 0.3) is 0 Å². The maximum absolute atomic E-state index is 4.53. The van der Waals surface area contributed by atoms with E-state index in [1.165, 1.54) is 16.8 Å². The van der Waals surface area contributed by atoms with Gasteiger partial charge >= 0.3 is 0 Å². The lowest BCUT2D eigenvalue weighted by molar-refractivity contribution is 0.426. The SMILES string of the molecule is CC(C)c1ccnc2c1C(C(C)C)CNC2. The van der Waals surface area contributed by atoms with Crippen LogP contribution in [0.1, 0.15) is 56.4 Å². The number of nitrogens with zero attached hydrogens (tertiary/aromatic N) is 1. The molecule has 0 saturated heterocycles. The second-order valence-corrected chi connectivity index (χ2v) is 5.40. The smallest absolute Gasteiger partial charge is 0.0579 e. The fraction of sp³-hybridized carbons (Fsp3) is 0.643. The van der Waals surface area contributed by atoms with E-state index >= 15 is 0 Å². The number of pyridine rings is 1. The minimum atomic E-state index is 0.594. The molecule has 1 aromatic heterocycles. The van der Waals surface area contributed by atoms with E-state index < -0.39 is 0 Å². The highest BCUT2D eigenvalue weighted by atomic mass is 14.9. The van der Waals surface area contributed by atoms with Crippen LogP contribution in [0, 0.1) is 5.92 Å². The van der Waals surface area contributed by atoms with Crippen LogP contribution in [-0.2, 0) is 6.54 Å². The van der Waals surface area contributed by atoms with Crippen LogP contribution in [0.15, 0.2) is 12.3 Å². The van der Waals surface area contributed by atoms with Gasteiger partial charge in [0, 0.05) is 25.2 Å². The normalized spacial score (nSPS) is 20.2. The summed E-state index contributed by atoms with van der Waals surface area (Å²) in [6.45, 7) is 11.2. The molecule has 0 bridgehead atoms. The van der Waals surface area contributed by atoms with Gasteiger partial charge in [-0.2, -0.15) is 0 Å². The van der Waals surface area contributed by atoms with Crippen molar-refractivity contribution in [1.82, 2.24) is 10.3 Å². The first kappa shape index (κ1) is 11.6. The van der Waals surface area contributed by atoms with Crippen molar-refractivity contribution in [2.45, 2.75) is 46.1 Å². The maximum atomic E-state index is 4.53. The van der Waals surface area contributed by atoms with Crippen molar-refractivity contribution in [2.75, 3.05) is 6.54 Å². The Labute approximate surface area is 98.5 Å². The molecule has 1 aromatic rings. The Morgan fingerprint density at radius 1 is 1.31 bits per heavy atom. The standard InChI is InChI=1S/C14H22N2/c1-9(2)11-5-6-16-13-8-15-7-12(10(3)4)14(11)13/h5-6,9-10,12,15H,7-8H2,1-4H3. The van der Waals surface area contributed by atoms with Gasteiger partial charge in [-0.1, -0.05) is 27.7 Å². The van der Waals surface area contributed by atoms with Gasteiger partial charge in [0.1, 0.15) is 0 Å². The predicted molar refractivity (Wildman–Crippen MR) is 67.6 cm³/mol. The molecular weight excluding hydrogens is 196 g/mol. The largest absolute Gasteiger partial charge is 0.311 e. The monoisotopic (exact) mass is 218 g/mol. The highest BCUT2D eigenvalue weighted by molar-refractivity contribution is 5.37. The number of aromatic nitrogens is 1. The van der Waals surface area contributed by atoms with Gasteiger partial charge in [-0.05, 0) is 29.0 Å². The van der Waals surface area contributed by atoms with E-state index in [1.54, 1.807) is 0 Å². The van der Waals surface area contributed by atoms with Crippen LogP contribution >= 0.6 is 0 Å². The summed E-state index contributed by atoms with van der Waals surface area (Å²) < 4.78 is 0. The van der Waals surface area contributed by atoms with E-state index in [0.717, 1.165) is 13.1 Å². The third kappa shape index (κ3) is 1.99. The van der Waals surface area contributed by atoms with E-state index in [2.05, 4.69) is 44.1 Å². The predicted octanol–water partition coefficient (Wildman–Crippen LogP) is 3.05. The fourth-order valence-electron chi connectivity index (χ4n) is 2.62. The minimum Gasteiger partial charge on any atom is -0.311 e. The summed E-state index contributed by atoms with van der Waals surface area (Å²) in [6, 6.07) is 2.20. The number of hydrogen-bond acceptors (Lipinski definition) is 2. The van der Waals surface area contributed by atoms with Gasteiger partial charge in [0.05, 0.1) is 5.69 Å². The summed E-state index contributed by atoms with van der Waals surface area (Å²) in [4.78, 5) is 4.53. The quantitative estimate of drug-likeness (QED) is 0.825. The molecule has 1 unspecified atom stereocenters. The Morgan fingerprint density at radius 2 is 2.06 bits per heavy atom. The number of rotatable bonds is 2. The van der Waals surface area contributed by atoms with Gasteiger partial charge in [0.2, 0.25) is 0 Å². The summed E-state index contributed by atoms with van der Waals surface area (Å²) in [5, 5.41) is 3.48. The van der Waals surface area contributed by atoms with Crippen molar-refractivity contribution in [3.8, 4) is 0 Å². The minimum absolute atomic E-state index is 0.594. The number of nitrogens with one attached hydrogen (secondary N) is 1. The van der Waals surface area contributed by atoms with Gasteiger partial charge in [0.15, 0.2) is 0 Å². The molecule has 2 nitrogen and oxygen atoms in total. The second kappa shape index (κ2) is 4.54. The maximum Gasteiger partial charge on any atom is 0.0579 e. The first-order valence-electron chi connectivity index (χ1n) is 6.29. The molecule has 0 saturated carbocycles. The van der Waals surface area contributed by atoms with E-state index in [0.29, 0.717) is 17.8 Å². The van der Waals surface area contributed by atoms with Crippen LogP contribution in [0.25, 0.3) is 0 Å². The van der Waals surface area contributed by atoms with Crippen LogP contribution in [0.4, 0.5) is 0 Å². The first-order valence-corrected chi connectivity index (χ1v) is 6.29. The topological polar surface area (TPSA) is 24.9 Å². The molecule has 1 N–H and O–H groups in total. The van der Waals surface area contributed by atoms with Crippen molar-refractivity contribution in [3.63, 3.8) is 0 Å². The molecule has 0 fully saturated rings. The van der Waals surface area contributed by atoms with Crippen molar-refractivity contribution in [1.29, 1.82) is 0 Å². The Bertz CT molecular complexity index is 369. The molecule has 2 heterocycles. The molecule has 0 aliphatic carbocycles. The Kier molecular flexibility index (Phi) is 3.29. The highest BCUT2D eigenvalue weighted by Crippen LogP contribution is 2.34. The third-order valence-electron chi connectivity index (χ3n) is 3.56. The average Bonchev–Trinajstić information content (AvgIpc) is 2.27. The highest BCUT2D eigenvalue weighted by Gasteiger charge is 2.26. The molecular formula is C14H22N2. The fourth-order valence-corrected chi connectivity index (χ4v) is 2.62. The van der Waals surface area contributed by atoms with Crippen molar-refractivity contribution < 1.29 is 0 Å². The summed E-state index contributed by atoms with van der Waals surface area (Å²) in [5.41, 5.74) is 4.27. The number of hydrogen-bond donors (Lipinski definition) is 1. The van der Waals surface area contributed by atoms with E-state index in [4.69, 9.17) is 0 Å². The van der Waals surface area contributed by atoms with Crippen molar-refractivity contribution in [3.05, 3.63) is 29.1 Å². The van der Waals surface area contributed by atoms with Crippen molar-refractivity contribution >= 4 is 0 Å². The van der Waals surface area contributed by atoms with E-state index in [-0.39, 0.29) is 0 Å². The first-order chi connectivity index (χ1) is 7.61. The Morgan fingerprint density at radius 3 is 2.69 bits per heavy atom. The Hall–Kier alpha value is -0.890. The zero-order chi connectivity index (χ0) is 11.7. The third-order valence-corrected chi connectivity index (χ3v) is 3.56. The van der Waals surface area contributed by atoms with Crippen LogP contribution in [-0.4, -0.2) is 11.5 Å². The van der Waals surface area contributed by atoms with Crippen LogP contribution in [0.5, 0.6) is 0 Å². The zero-order valence-corrected chi connectivity index (χ0v) is 10.7. The average molecular weight is 218 g/mol. The lowest BCUT2D eigenvalue weighted by Gasteiger charge is -2.31. The molecule has 88 valence electrons. The molecule has 1 aliphatic rings. The molecule has 2 rings (SSSR count). The summed E-state index contributed by atoms with van der Waals surface area (Å²) in [5.74, 6) is 1.89.